The molecule has 0 N–H and O–H groups in total. The van der Waals surface area contributed by atoms with Gasteiger partial charge in [0.2, 0.25) is 0 Å². The topological polar surface area (TPSA) is 54.0 Å². The molecular formula is C23H24ClF3O5. The van der Waals surface area contributed by atoms with E-state index in [4.69, 9.17) is 25.8 Å². The number of aryl methyl sites for hydroxylation is 1. The van der Waals surface area contributed by atoms with E-state index >= 15 is 0 Å². The van der Waals surface area contributed by atoms with Gasteiger partial charge in [-0.15, -0.1) is 0 Å². The minimum Gasteiger partial charge on any atom is -0.493 e. The number of halogens is 4. The first kappa shape index (κ1) is 24.0. The van der Waals surface area contributed by atoms with E-state index in [-0.39, 0.29) is 10.8 Å². The molecule has 2 aromatic carbocycles. The van der Waals surface area contributed by atoms with Crippen LogP contribution in [0.5, 0.6) is 23.0 Å². The molecule has 0 fully saturated rings. The number of alkyl halides is 3. The van der Waals surface area contributed by atoms with Crippen LogP contribution in [0, 0.1) is 0 Å². The van der Waals surface area contributed by atoms with Crippen molar-refractivity contribution < 1.29 is 36.9 Å². The molecule has 1 aliphatic heterocycles. The Hall–Kier alpha value is -2.61. The van der Waals surface area contributed by atoms with Crippen LogP contribution in [-0.4, -0.2) is 37.9 Å². The molecule has 0 aromatic heterocycles. The molecule has 2 aromatic rings. The van der Waals surface area contributed by atoms with Crippen LogP contribution in [0.3, 0.4) is 0 Å². The molecule has 1 unspecified atom stereocenters. The van der Waals surface area contributed by atoms with E-state index < -0.39 is 18.4 Å². The van der Waals surface area contributed by atoms with E-state index in [1.807, 2.05) is 19.1 Å². The van der Waals surface area contributed by atoms with Crippen molar-refractivity contribution in [3.8, 4) is 23.0 Å². The summed E-state index contributed by atoms with van der Waals surface area (Å²) in [4.78, 5) is 11.5. The van der Waals surface area contributed by atoms with Gasteiger partial charge in [-0.05, 0) is 43.0 Å². The SMILES string of the molecule is CCC1(C=O)CCc2ccc(OCCCOc3ccc(OCC(F)(F)F)cc3Cl)cc2O1. The van der Waals surface area contributed by atoms with Gasteiger partial charge in [-0.25, -0.2) is 0 Å². The highest BCUT2D eigenvalue weighted by Gasteiger charge is 2.34. The molecular weight excluding hydrogens is 449 g/mol. The van der Waals surface area contributed by atoms with Gasteiger partial charge in [0.05, 0.1) is 18.2 Å². The van der Waals surface area contributed by atoms with Gasteiger partial charge in [-0.2, -0.15) is 13.2 Å². The summed E-state index contributed by atoms with van der Waals surface area (Å²) in [6, 6.07) is 9.70. The van der Waals surface area contributed by atoms with Crippen LogP contribution < -0.4 is 18.9 Å². The first-order valence-corrected chi connectivity index (χ1v) is 10.6. The van der Waals surface area contributed by atoms with E-state index in [9.17, 15) is 18.0 Å². The lowest BCUT2D eigenvalue weighted by atomic mass is 9.90. The molecule has 0 bridgehead atoms. The van der Waals surface area contributed by atoms with E-state index in [0.717, 1.165) is 18.3 Å². The molecule has 0 radical (unpaired) electrons. The maximum absolute atomic E-state index is 12.2. The van der Waals surface area contributed by atoms with E-state index in [1.165, 1.54) is 18.2 Å². The number of hydrogen-bond donors (Lipinski definition) is 0. The van der Waals surface area contributed by atoms with Gasteiger partial charge in [0, 0.05) is 18.6 Å². The monoisotopic (exact) mass is 472 g/mol. The Bertz CT molecular complexity index is 934. The highest BCUT2D eigenvalue weighted by atomic mass is 35.5. The highest BCUT2D eigenvalue weighted by molar-refractivity contribution is 6.32. The zero-order valence-corrected chi connectivity index (χ0v) is 18.3. The van der Waals surface area contributed by atoms with Gasteiger partial charge in [0.15, 0.2) is 18.5 Å². The Morgan fingerprint density at radius 1 is 1.09 bits per heavy atom. The van der Waals surface area contributed by atoms with E-state index in [2.05, 4.69) is 4.74 Å². The summed E-state index contributed by atoms with van der Waals surface area (Å²) in [6.45, 7) is 1.21. The van der Waals surface area contributed by atoms with Gasteiger partial charge < -0.3 is 18.9 Å². The third kappa shape index (κ3) is 6.45. The van der Waals surface area contributed by atoms with Crippen LogP contribution in [0.4, 0.5) is 13.2 Å². The minimum absolute atomic E-state index is 0.0132. The molecule has 0 spiro atoms. The number of ether oxygens (including phenoxy) is 4. The second-order valence-corrected chi connectivity index (χ2v) is 7.86. The quantitative estimate of drug-likeness (QED) is 0.323. The molecule has 3 rings (SSSR count). The fourth-order valence-corrected chi connectivity index (χ4v) is 3.47. The van der Waals surface area contributed by atoms with Crippen molar-refractivity contribution in [3.05, 3.63) is 47.0 Å². The van der Waals surface area contributed by atoms with E-state index in [1.54, 1.807) is 6.07 Å². The standard InChI is InChI=1S/C23H24ClF3O5/c1-2-22(14-28)9-8-16-4-5-18(13-21(16)32-22)29-10-3-11-30-20-7-6-17(12-19(20)24)31-15-23(25,26)27/h4-7,12-14H,2-3,8-11,15H2,1H3. The number of carbonyl (C=O) groups excluding carboxylic acids is 1. The van der Waals surface area contributed by atoms with Crippen molar-refractivity contribution in [1.82, 2.24) is 0 Å². The van der Waals surface area contributed by atoms with Crippen LogP contribution in [-0.2, 0) is 11.2 Å². The van der Waals surface area contributed by atoms with Crippen molar-refractivity contribution in [2.75, 3.05) is 19.8 Å². The molecule has 9 heteroatoms. The van der Waals surface area contributed by atoms with Crippen LogP contribution in [0.2, 0.25) is 5.02 Å². The summed E-state index contributed by atoms with van der Waals surface area (Å²) in [6.07, 6.45) is -0.948. The summed E-state index contributed by atoms with van der Waals surface area (Å²) in [7, 11) is 0. The predicted molar refractivity (Wildman–Crippen MR) is 113 cm³/mol. The molecule has 0 saturated carbocycles. The van der Waals surface area contributed by atoms with Crippen LogP contribution in [0.25, 0.3) is 0 Å². The van der Waals surface area contributed by atoms with Crippen molar-refractivity contribution in [3.63, 3.8) is 0 Å². The molecule has 1 heterocycles. The lowest BCUT2D eigenvalue weighted by Crippen LogP contribution is -2.40. The second-order valence-electron chi connectivity index (χ2n) is 7.45. The number of carbonyl (C=O) groups is 1. The fourth-order valence-electron chi connectivity index (χ4n) is 3.24. The van der Waals surface area contributed by atoms with Crippen molar-refractivity contribution in [2.45, 2.75) is 44.4 Å². The maximum Gasteiger partial charge on any atom is 0.422 e. The van der Waals surface area contributed by atoms with Gasteiger partial charge in [0.25, 0.3) is 0 Å². The number of fused-ring (bicyclic) bond motifs is 1. The summed E-state index contributed by atoms with van der Waals surface area (Å²) < 4.78 is 58.6. The normalized spacial score (nSPS) is 17.8. The number of benzene rings is 2. The first-order valence-electron chi connectivity index (χ1n) is 10.3. The highest BCUT2D eigenvalue weighted by Crippen LogP contribution is 2.36. The van der Waals surface area contributed by atoms with Crippen LogP contribution in [0.15, 0.2) is 36.4 Å². The Morgan fingerprint density at radius 2 is 1.81 bits per heavy atom. The molecule has 1 atom stereocenters. The van der Waals surface area contributed by atoms with Crippen LogP contribution in [0.1, 0.15) is 31.7 Å². The summed E-state index contributed by atoms with van der Waals surface area (Å²) in [5.41, 5.74) is 0.274. The lowest BCUT2D eigenvalue weighted by molar-refractivity contribution is -0.153. The summed E-state index contributed by atoms with van der Waals surface area (Å²) >= 11 is 6.05. The first-order chi connectivity index (χ1) is 15.2. The Morgan fingerprint density at radius 3 is 2.50 bits per heavy atom. The Kier molecular flexibility index (Phi) is 7.77. The van der Waals surface area contributed by atoms with E-state index in [0.29, 0.717) is 49.7 Å². The van der Waals surface area contributed by atoms with Gasteiger partial charge >= 0.3 is 6.18 Å². The number of aldehydes is 1. The molecule has 0 saturated heterocycles. The molecule has 1 aliphatic rings. The van der Waals surface area contributed by atoms with Crippen LogP contribution >= 0.6 is 11.6 Å². The van der Waals surface area contributed by atoms with Crippen molar-refractivity contribution >= 4 is 17.9 Å². The summed E-state index contributed by atoms with van der Waals surface area (Å²) in [5, 5.41) is 0.159. The largest absolute Gasteiger partial charge is 0.493 e. The molecule has 0 amide bonds. The van der Waals surface area contributed by atoms with Gasteiger partial charge in [-0.1, -0.05) is 24.6 Å². The fraction of sp³-hybridized carbons (Fsp3) is 0.435. The summed E-state index contributed by atoms with van der Waals surface area (Å²) in [5.74, 6) is 1.65. The van der Waals surface area contributed by atoms with Crippen molar-refractivity contribution in [2.24, 2.45) is 0 Å². The predicted octanol–water partition coefficient (Wildman–Crippen LogP) is 5.80. The van der Waals surface area contributed by atoms with Gasteiger partial charge in [0.1, 0.15) is 23.0 Å². The average Bonchev–Trinajstić information content (AvgIpc) is 2.77. The Balaban J connectivity index is 1.45. The second kappa shape index (κ2) is 10.3. The minimum atomic E-state index is -4.42. The molecule has 174 valence electrons. The lowest BCUT2D eigenvalue weighted by Gasteiger charge is -2.33. The molecule has 32 heavy (non-hydrogen) atoms. The van der Waals surface area contributed by atoms with Crippen molar-refractivity contribution in [1.29, 1.82) is 0 Å². The third-order valence-corrected chi connectivity index (χ3v) is 5.40. The zero-order chi connectivity index (χ0) is 23.2. The number of hydrogen-bond acceptors (Lipinski definition) is 5. The number of rotatable bonds is 10. The third-order valence-electron chi connectivity index (χ3n) is 5.10. The Labute approximate surface area is 189 Å². The zero-order valence-electron chi connectivity index (χ0n) is 17.5. The molecule has 5 nitrogen and oxygen atoms in total. The average molecular weight is 473 g/mol. The van der Waals surface area contributed by atoms with Gasteiger partial charge in [-0.3, -0.25) is 4.79 Å². The molecule has 0 aliphatic carbocycles. The smallest absolute Gasteiger partial charge is 0.422 e. The maximum atomic E-state index is 12.2.